The first-order valence-corrected chi connectivity index (χ1v) is 7.87. The number of benzene rings is 1. The minimum absolute atomic E-state index is 0.249. The number of halogens is 1. The number of nitrogens with zero attached hydrogens (tertiary/aromatic N) is 2. The van der Waals surface area contributed by atoms with Crippen LogP contribution in [0, 0.1) is 13.8 Å². The smallest absolute Gasteiger partial charge is 0.0641 e. The number of aromatic nitrogens is 2. The molecule has 1 heterocycles. The van der Waals surface area contributed by atoms with Gasteiger partial charge < -0.3 is 5.32 Å². The predicted molar refractivity (Wildman–Crippen MR) is 88.9 cm³/mol. The van der Waals surface area contributed by atoms with Crippen LogP contribution in [0.5, 0.6) is 0 Å². The van der Waals surface area contributed by atoms with Crippen LogP contribution >= 0.6 is 11.6 Å². The largest absolute Gasteiger partial charge is 0.310 e. The molecule has 0 amide bonds. The summed E-state index contributed by atoms with van der Waals surface area (Å²) in [4.78, 5) is 0. The summed E-state index contributed by atoms with van der Waals surface area (Å²) in [5.74, 6) is 0. The Hall–Kier alpha value is -1.32. The Labute approximate surface area is 132 Å². The molecule has 0 saturated carbocycles. The molecule has 1 atom stereocenters. The van der Waals surface area contributed by atoms with E-state index in [0.717, 1.165) is 30.1 Å². The van der Waals surface area contributed by atoms with Crippen molar-refractivity contribution in [1.82, 2.24) is 15.1 Å². The van der Waals surface area contributed by atoms with Crippen LogP contribution in [0.2, 0.25) is 5.02 Å². The van der Waals surface area contributed by atoms with E-state index in [4.69, 9.17) is 11.6 Å². The summed E-state index contributed by atoms with van der Waals surface area (Å²) >= 11 is 6.39. The molecule has 3 nitrogen and oxygen atoms in total. The lowest BCUT2D eigenvalue weighted by molar-refractivity contribution is 0.527. The SMILES string of the molecule is CCCNC(Cc1ccc(C)cc1Cl)c1cn(C)nc1C. The fourth-order valence-electron chi connectivity index (χ4n) is 2.61. The fraction of sp³-hybridized carbons (Fsp3) is 0.471. The molecule has 0 spiro atoms. The van der Waals surface area contributed by atoms with E-state index in [1.165, 1.54) is 16.7 Å². The van der Waals surface area contributed by atoms with Gasteiger partial charge in [0, 0.05) is 29.9 Å². The Balaban J connectivity index is 2.26. The molecule has 0 fully saturated rings. The average molecular weight is 306 g/mol. The average Bonchev–Trinajstić information content (AvgIpc) is 2.76. The molecule has 1 aromatic heterocycles. The second-order valence-corrected chi connectivity index (χ2v) is 6.06. The molecule has 4 heteroatoms. The first-order valence-electron chi connectivity index (χ1n) is 7.49. The lowest BCUT2D eigenvalue weighted by atomic mass is 9.98. The van der Waals surface area contributed by atoms with Gasteiger partial charge in [0.2, 0.25) is 0 Å². The summed E-state index contributed by atoms with van der Waals surface area (Å²) in [6, 6.07) is 6.53. The predicted octanol–water partition coefficient (Wildman–Crippen LogP) is 3.97. The van der Waals surface area contributed by atoms with Crippen molar-refractivity contribution in [2.24, 2.45) is 7.05 Å². The maximum Gasteiger partial charge on any atom is 0.0641 e. The van der Waals surface area contributed by atoms with Crippen molar-refractivity contribution in [1.29, 1.82) is 0 Å². The summed E-state index contributed by atoms with van der Waals surface area (Å²) in [7, 11) is 1.96. The van der Waals surface area contributed by atoms with Gasteiger partial charge in [0.1, 0.15) is 0 Å². The minimum Gasteiger partial charge on any atom is -0.310 e. The molecular weight excluding hydrogens is 282 g/mol. The van der Waals surface area contributed by atoms with Gasteiger partial charge in [0.25, 0.3) is 0 Å². The molecular formula is C17H24ClN3. The third-order valence-electron chi connectivity index (χ3n) is 3.70. The Bertz CT molecular complexity index is 604. The molecule has 0 aliphatic heterocycles. The number of nitrogens with one attached hydrogen (secondary N) is 1. The lowest BCUT2D eigenvalue weighted by Gasteiger charge is -2.19. The summed E-state index contributed by atoms with van der Waals surface area (Å²) < 4.78 is 1.88. The third-order valence-corrected chi connectivity index (χ3v) is 4.05. The van der Waals surface area contributed by atoms with E-state index in [0.29, 0.717) is 0 Å². The van der Waals surface area contributed by atoms with Crippen LogP contribution in [0.3, 0.4) is 0 Å². The molecule has 0 bridgehead atoms. The van der Waals surface area contributed by atoms with E-state index in [-0.39, 0.29) is 6.04 Å². The summed E-state index contributed by atoms with van der Waals surface area (Å²) in [5, 5.41) is 8.93. The summed E-state index contributed by atoms with van der Waals surface area (Å²) in [6.45, 7) is 7.29. The maximum atomic E-state index is 6.39. The highest BCUT2D eigenvalue weighted by Crippen LogP contribution is 2.26. The van der Waals surface area contributed by atoms with Gasteiger partial charge in [-0.15, -0.1) is 0 Å². The highest BCUT2D eigenvalue weighted by molar-refractivity contribution is 6.31. The van der Waals surface area contributed by atoms with Crippen molar-refractivity contribution >= 4 is 11.6 Å². The number of aryl methyl sites for hydroxylation is 3. The van der Waals surface area contributed by atoms with Gasteiger partial charge in [-0.2, -0.15) is 5.10 Å². The summed E-state index contributed by atoms with van der Waals surface area (Å²) in [5.41, 5.74) is 4.70. The number of rotatable bonds is 6. The van der Waals surface area contributed by atoms with E-state index < -0.39 is 0 Å². The molecule has 1 N–H and O–H groups in total. The Morgan fingerprint density at radius 2 is 2.10 bits per heavy atom. The topological polar surface area (TPSA) is 29.9 Å². The highest BCUT2D eigenvalue weighted by Gasteiger charge is 2.17. The molecule has 1 aromatic carbocycles. The number of hydrogen-bond acceptors (Lipinski definition) is 2. The van der Waals surface area contributed by atoms with Crippen molar-refractivity contribution < 1.29 is 0 Å². The molecule has 0 aliphatic carbocycles. The number of hydrogen-bond donors (Lipinski definition) is 1. The maximum absolute atomic E-state index is 6.39. The van der Waals surface area contributed by atoms with Gasteiger partial charge in [0.05, 0.1) is 5.69 Å². The Morgan fingerprint density at radius 1 is 1.33 bits per heavy atom. The second-order valence-electron chi connectivity index (χ2n) is 5.65. The van der Waals surface area contributed by atoms with E-state index in [1.54, 1.807) is 0 Å². The first-order chi connectivity index (χ1) is 10.0. The van der Waals surface area contributed by atoms with Crippen molar-refractivity contribution in [3.63, 3.8) is 0 Å². The molecule has 2 rings (SSSR count). The zero-order valence-corrected chi connectivity index (χ0v) is 14.0. The van der Waals surface area contributed by atoms with Gasteiger partial charge in [-0.05, 0) is 50.4 Å². The van der Waals surface area contributed by atoms with E-state index in [1.807, 2.05) is 17.8 Å². The van der Waals surface area contributed by atoms with Crippen LogP contribution in [-0.4, -0.2) is 16.3 Å². The van der Waals surface area contributed by atoms with Crippen molar-refractivity contribution in [3.8, 4) is 0 Å². The monoisotopic (exact) mass is 305 g/mol. The molecule has 114 valence electrons. The van der Waals surface area contributed by atoms with E-state index in [9.17, 15) is 0 Å². The summed E-state index contributed by atoms with van der Waals surface area (Å²) in [6.07, 6.45) is 4.09. The van der Waals surface area contributed by atoms with Crippen LogP contribution in [0.1, 0.15) is 41.8 Å². The normalized spacial score (nSPS) is 12.6. The highest BCUT2D eigenvalue weighted by atomic mass is 35.5. The Kier molecular flexibility index (Phi) is 5.43. The molecule has 2 aromatic rings. The minimum atomic E-state index is 0.249. The standard InChI is InChI=1S/C17H24ClN3/c1-5-8-19-17(15-11-21(4)20-13(15)3)10-14-7-6-12(2)9-16(14)18/h6-7,9,11,17,19H,5,8,10H2,1-4H3. The van der Waals surface area contributed by atoms with Crippen LogP contribution < -0.4 is 5.32 Å². The first kappa shape index (κ1) is 16.1. The van der Waals surface area contributed by atoms with Crippen LogP contribution in [0.25, 0.3) is 0 Å². The zero-order valence-electron chi connectivity index (χ0n) is 13.3. The zero-order chi connectivity index (χ0) is 15.4. The van der Waals surface area contributed by atoms with E-state index in [2.05, 4.69) is 49.5 Å². The van der Waals surface area contributed by atoms with Crippen molar-refractivity contribution in [3.05, 3.63) is 51.8 Å². The fourth-order valence-corrected chi connectivity index (χ4v) is 2.92. The van der Waals surface area contributed by atoms with Crippen molar-refractivity contribution in [2.45, 2.75) is 39.7 Å². The molecule has 1 unspecified atom stereocenters. The molecule has 0 aliphatic rings. The van der Waals surface area contributed by atoms with Crippen LogP contribution in [0.15, 0.2) is 24.4 Å². The van der Waals surface area contributed by atoms with Gasteiger partial charge in [-0.3, -0.25) is 4.68 Å². The quantitative estimate of drug-likeness (QED) is 0.875. The second kappa shape index (κ2) is 7.10. The third kappa shape index (κ3) is 4.08. The lowest BCUT2D eigenvalue weighted by Crippen LogP contribution is -2.24. The van der Waals surface area contributed by atoms with Crippen LogP contribution in [0.4, 0.5) is 0 Å². The van der Waals surface area contributed by atoms with Gasteiger partial charge in [-0.25, -0.2) is 0 Å². The molecule has 0 saturated heterocycles. The van der Waals surface area contributed by atoms with Gasteiger partial charge >= 0.3 is 0 Å². The van der Waals surface area contributed by atoms with Gasteiger partial charge in [0.15, 0.2) is 0 Å². The molecule has 0 radical (unpaired) electrons. The Morgan fingerprint density at radius 3 is 2.67 bits per heavy atom. The van der Waals surface area contributed by atoms with Crippen LogP contribution in [-0.2, 0) is 13.5 Å². The van der Waals surface area contributed by atoms with E-state index >= 15 is 0 Å². The van der Waals surface area contributed by atoms with Crippen molar-refractivity contribution in [2.75, 3.05) is 6.54 Å². The van der Waals surface area contributed by atoms with Gasteiger partial charge in [-0.1, -0.05) is 30.7 Å². The molecule has 21 heavy (non-hydrogen) atoms.